The minimum Gasteiger partial charge on any atom is -0.460 e. The number of aryl methyl sites for hydroxylation is 1. The van der Waals surface area contributed by atoms with Crippen molar-refractivity contribution >= 4 is 11.6 Å². The maximum Gasteiger partial charge on any atom is 0.175 e. The van der Waals surface area contributed by atoms with E-state index in [-0.39, 0.29) is 11.6 Å². The van der Waals surface area contributed by atoms with Gasteiger partial charge in [-0.25, -0.2) is 0 Å². The highest BCUT2D eigenvalue weighted by Crippen LogP contribution is 2.52. The number of hydrogen-bond donors (Lipinski definition) is 0. The third-order valence-corrected chi connectivity index (χ3v) is 6.48. The van der Waals surface area contributed by atoms with Crippen LogP contribution in [0.4, 0.5) is 0 Å². The summed E-state index contributed by atoms with van der Waals surface area (Å²) in [6.07, 6.45) is 2.61. The summed E-state index contributed by atoms with van der Waals surface area (Å²) in [7, 11) is 0. The summed E-state index contributed by atoms with van der Waals surface area (Å²) < 4.78 is 6.37. The van der Waals surface area contributed by atoms with E-state index in [0.29, 0.717) is 29.1 Å². The van der Waals surface area contributed by atoms with E-state index in [1.165, 1.54) is 0 Å². The van der Waals surface area contributed by atoms with Gasteiger partial charge in [-0.2, -0.15) is 0 Å². The van der Waals surface area contributed by atoms with Gasteiger partial charge >= 0.3 is 0 Å². The summed E-state index contributed by atoms with van der Waals surface area (Å²) in [5.74, 6) is 0.131. The molecular weight excluding hydrogens is 408 g/mol. The van der Waals surface area contributed by atoms with Gasteiger partial charge in [-0.15, -0.1) is 0 Å². The van der Waals surface area contributed by atoms with Crippen LogP contribution in [0.5, 0.6) is 0 Å². The van der Waals surface area contributed by atoms with Crippen LogP contribution < -0.4 is 0 Å². The number of carbonyl (C=O) groups excluding carboxylic acids is 2. The van der Waals surface area contributed by atoms with E-state index in [1.807, 2.05) is 91.0 Å². The van der Waals surface area contributed by atoms with Crippen LogP contribution in [-0.4, -0.2) is 11.6 Å². The van der Waals surface area contributed by atoms with E-state index < -0.39 is 11.8 Å². The third-order valence-electron chi connectivity index (χ3n) is 6.48. The number of hydrogen-bond acceptors (Lipinski definition) is 3. The van der Waals surface area contributed by atoms with E-state index in [4.69, 9.17) is 4.42 Å². The van der Waals surface area contributed by atoms with Crippen molar-refractivity contribution in [2.75, 3.05) is 0 Å². The van der Waals surface area contributed by atoms with Gasteiger partial charge in [0, 0.05) is 23.1 Å². The number of benzene rings is 3. The summed E-state index contributed by atoms with van der Waals surface area (Å²) in [6.45, 7) is 2.12. The maximum absolute atomic E-state index is 14.0. The monoisotopic (exact) mass is 434 g/mol. The van der Waals surface area contributed by atoms with Crippen molar-refractivity contribution in [1.29, 1.82) is 0 Å². The van der Waals surface area contributed by atoms with Gasteiger partial charge in [-0.3, -0.25) is 9.59 Å². The molecule has 3 nitrogen and oxygen atoms in total. The van der Waals surface area contributed by atoms with Crippen LogP contribution in [0.3, 0.4) is 0 Å². The lowest BCUT2D eigenvalue weighted by molar-refractivity contribution is 0.0887. The molecule has 0 aliphatic heterocycles. The van der Waals surface area contributed by atoms with Crippen molar-refractivity contribution in [2.24, 2.45) is 0 Å². The number of furan rings is 1. The minimum atomic E-state index is -0.619. The van der Waals surface area contributed by atoms with Crippen molar-refractivity contribution in [1.82, 2.24) is 0 Å². The average Bonchev–Trinajstić information content (AvgIpc) is 3.39. The summed E-state index contributed by atoms with van der Waals surface area (Å²) in [5, 5.41) is 0. The molecule has 1 aliphatic carbocycles. The Morgan fingerprint density at radius 2 is 1.45 bits per heavy atom. The summed E-state index contributed by atoms with van der Waals surface area (Å²) >= 11 is 0. The van der Waals surface area contributed by atoms with Crippen molar-refractivity contribution in [3.63, 3.8) is 0 Å². The molecule has 0 N–H and O–H groups in total. The normalized spacial score (nSPS) is 17.2. The van der Waals surface area contributed by atoms with Gasteiger partial charge in [0.2, 0.25) is 0 Å². The smallest absolute Gasteiger partial charge is 0.175 e. The highest BCUT2D eigenvalue weighted by Gasteiger charge is 2.49. The second-order valence-corrected chi connectivity index (χ2v) is 8.57. The average molecular weight is 435 g/mol. The first-order chi connectivity index (χ1) is 16.2. The Morgan fingerprint density at radius 1 is 0.848 bits per heavy atom. The molecule has 0 saturated heterocycles. The summed E-state index contributed by atoms with van der Waals surface area (Å²) in [5.41, 5.74) is 3.74. The Hall–Kier alpha value is -3.72. The Bertz CT molecular complexity index is 1270. The fourth-order valence-electron chi connectivity index (χ4n) is 4.92. The van der Waals surface area contributed by atoms with Gasteiger partial charge in [0.05, 0.1) is 17.4 Å². The first-order valence-corrected chi connectivity index (χ1v) is 11.6. The standard InChI is InChI=1S/C30H26O3/c1-2-3-19-23-25-27(30(33-23)22-17-11-6-12-18-22)26(28(31)21-15-9-5-10-16-21)24(29(25)32)20-13-7-4-8-14-20/h4-18,24,26H,2-3,19H2,1H3/t24-,26-/m1/s1. The molecular formula is C30H26O3. The Morgan fingerprint density at radius 3 is 2.09 bits per heavy atom. The molecule has 0 fully saturated rings. The second kappa shape index (κ2) is 9.03. The first-order valence-electron chi connectivity index (χ1n) is 11.6. The lowest BCUT2D eigenvalue weighted by Crippen LogP contribution is -2.20. The van der Waals surface area contributed by atoms with Gasteiger partial charge in [-0.05, 0) is 12.0 Å². The molecule has 1 heterocycles. The van der Waals surface area contributed by atoms with Crippen LogP contribution in [0, 0.1) is 0 Å². The van der Waals surface area contributed by atoms with E-state index in [2.05, 4.69) is 6.92 Å². The predicted molar refractivity (Wildman–Crippen MR) is 130 cm³/mol. The van der Waals surface area contributed by atoms with Gasteiger partial charge in [0.15, 0.2) is 11.6 Å². The van der Waals surface area contributed by atoms with Crippen LogP contribution in [0.1, 0.15) is 69.2 Å². The Kier molecular flexibility index (Phi) is 5.78. The highest BCUT2D eigenvalue weighted by molar-refractivity contribution is 6.17. The number of Topliss-reactive ketones (excluding diaryl/α,β-unsaturated/α-hetero) is 2. The van der Waals surface area contributed by atoms with E-state index in [1.54, 1.807) is 0 Å². The molecule has 5 rings (SSSR count). The maximum atomic E-state index is 14.0. The predicted octanol–water partition coefficient (Wildman–Crippen LogP) is 7.24. The molecule has 0 radical (unpaired) electrons. The second-order valence-electron chi connectivity index (χ2n) is 8.57. The molecule has 1 aromatic heterocycles. The zero-order valence-electron chi connectivity index (χ0n) is 18.7. The minimum absolute atomic E-state index is 0.0116. The molecule has 0 saturated carbocycles. The van der Waals surface area contributed by atoms with Crippen LogP contribution in [0.25, 0.3) is 11.3 Å². The van der Waals surface area contributed by atoms with Crippen molar-refractivity contribution in [3.8, 4) is 11.3 Å². The van der Waals surface area contributed by atoms with Gasteiger partial charge < -0.3 is 4.42 Å². The van der Waals surface area contributed by atoms with Gasteiger partial charge in [0.1, 0.15) is 11.5 Å². The molecule has 4 aromatic rings. The Labute approximate surface area is 194 Å². The molecule has 1 aliphatic rings. The largest absolute Gasteiger partial charge is 0.460 e. The molecule has 33 heavy (non-hydrogen) atoms. The van der Waals surface area contributed by atoms with Crippen molar-refractivity contribution in [2.45, 2.75) is 38.0 Å². The molecule has 0 bridgehead atoms. The lowest BCUT2D eigenvalue weighted by atomic mass is 9.80. The first kappa shape index (κ1) is 21.1. The van der Waals surface area contributed by atoms with Crippen LogP contribution in [0.15, 0.2) is 95.4 Å². The molecule has 3 heteroatoms. The number of carbonyl (C=O) groups is 2. The summed E-state index contributed by atoms with van der Waals surface area (Å²) in [4.78, 5) is 27.9. The third kappa shape index (κ3) is 3.74. The molecule has 0 unspecified atom stereocenters. The number of rotatable bonds is 7. The highest BCUT2D eigenvalue weighted by atomic mass is 16.3. The molecule has 0 spiro atoms. The van der Waals surface area contributed by atoms with Crippen molar-refractivity contribution in [3.05, 3.63) is 119 Å². The van der Waals surface area contributed by atoms with Crippen LogP contribution in [0.2, 0.25) is 0 Å². The zero-order chi connectivity index (χ0) is 22.8. The van der Waals surface area contributed by atoms with Gasteiger partial charge in [0.25, 0.3) is 0 Å². The molecule has 2 atom stereocenters. The van der Waals surface area contributed by atoms with Gasteiger partial charge in [-0.1, -0.05) is 104 Å². The molecule has 3 aromatic carbocycles. The van der Waals surface area contributed by atoms with Crippen LogP contribution >= 0.6 is 0 Å². The van der Waals surface area contributed by atoms with E-state index >= 15 is 0 Å². The topological polar surface area (TPSA) is 47.3 Å². The number of ketones is 2. The number of unbranched alkanes of at least 4 members (excludes halogenated alkanes) is 1. The van der Waals surface area contributed by atoms with Crippen molar-refractivity contribution < 1.29 is 14.0 Å². The summed E-state index contributed by atoms with van der Waals surface area (Å²) in [6, 6.07) is 28.8. The lowest BCUT2D eigenvalue weighted by Gasteiger charge is -2.20. The van der Waals surface area contributed by atoms with E-state index in [0.717, 1.165) is 29.5 Å². The zero-order valence-corrected chi connectivity index (χ0v) is 18.7. The van der Waals surface area contributed by atoms with Crippen LogP contribution in [-0.2, 0) is 6.42 Å². The molecule has 164 valence electrons. The quantitative estimate of drug-likeness (QED) is 0.288. The SMILES string of the molecule is CCCCc1oc(-c2ccccc2)c2c1C(=O)[C@H](c1ccccc1)[C@H]2C(=O)c1ccccc1. The molecule has 0 amide bonds. The Balaban J connectivity index is 1.75. The number of fused-ring (bicyclic) bond motifs is 1. The fourth-order valence-corrected chi connectivity index (χ4v) is 4.92. The fraction of sp³-hybridized carbons (Fsp3) is 0.200. The van der Waals surface area contributed by atoms with E-state index in [9.17, 15) is 9.59 Å².